The zero-order chi connectivity index (χ0) is 17.9. The van der Waals surface area contributed by atoms with E-state index in [1.807, 2.05) is 29.0 Å². The van der Waals surface area contributed by atoms with Crippen molar-refractivity contribution >= 4 is 17.2 Å². The van der Waals surface area contributed by atoms with E-state index in [0.29, 0.717) is 6.54 Å². The molecule has 0 saturated heterocycles. The average Bonchev–Trinajstić information content (AvgIpc) is 3.34. The van der Waals surface area contributed by atoms with Gasteiger partial charge in [0.2, 0.25) is 5.91 Å². The Balaban J connectivity index is 1.40. The van der Waals surface area contributed by atoms with Gasteiger partial charge in [-0.25, -0.2) is 4.98 Å². The molecular formula is C21H23N3OS. The largest absolute Gasteiger partial charge is 0.341 e. The first kappa shape index (κ1) is 17.0. The van der Waals surface area contributed by atoms with Crippen molar-refractivity contribution in [1.82, 2.24) is 14.5 Å². The normalized spacial score (nSPS) is 16.3. The van der Waals surface area contributed by atoms with Crippen LogP contribution < -0.4 is 0 Å². The average molecular weight is 366 g/mol. The summed E-state index contributed by atoms with van der Waals surface area (Å²) in [6, 6.07) is 10.6. The molecule has 0 aliphatic heterocycles. The molecule has 1 amide bonds. The Bertz CT molecular complexity index is 867. The first-order valence-corrected chi connectivity index (χ1v) is 9.93. The predicted octanol–water partition coefficient (Wildman–Crippen LogP) is 4.07. The van der Waals surface area contributed by atoms with Gasteiger partial charge in [-0.3, -0.25) is 4.79 Å². The summed E-state index contributed by atoms with van der Waals surface area (Å²) in [6.07, 6.45) is 8.78. The lowest BCUT2D eigenvalue weighted by atomic mass is 9.87. The Hall–Kier alpha value is -2.40. The van der Waals surface area contributed by atoms with Crippen molar-refractivity contribution in [2.75, 3.05) is 7.05 Å². The molecule has 0 N–H and O–H groups in total. The van der Waals surface area contributed by atoms with Crippen LogP contribution in [0.25, 0.3) is 0 Å². The van der Waals surface area contributed by atoms with E-state index < -0.39 is 0 Å². The monoisotopic (exact) mass is 365 g/mol. The van der Waals surface area contributed by atoms with Crippen LogP contribution >= 0.6 is 11.3 Å². The lowest BCUT2D eigenvalue weighted by Gasteiger charge is -2.27. The third-order valence-corrected chi connectivity index (χ3v) is 6.09. The minimum absolute atomic E-state index is 0.0375. The minimum atomic E-state index is 0.0375. The second-order valence-electron chi connectivity index (χ2n) is 6.99. The summed E-state index contributed by atoms with van der Waals surface area (Å²) in [7, 11) is 1.92. The number of likely N-dealkylation sites (N-methyl/N-ethyl adjacent to an activating group) is 1. The molecule has 1 unspecified atom stereocenters. The Morgan fingerprint density at radius 2 is 2.08 bits per heavy atom. The molecule has 26 heavy (non-hydrogen) atoms. The highest BCUT2D eigenvalue weighted by molar-refractivity contribution is 7.10. The van der Waals surface area contributed by atoms with Crippen LogP contribution in [0.3, 0.4) is 0 Å². The van der Waals surface area contributed by atoms with Crippen LogP contribution in [0.4, 0.5) is 0 Å². The number of thiophene rings is 1. The summed E-state index contributed by atoms with van der Waals surface area (Å²) in [5.41, 5.74) is 3.65. The molecule has 134 valence electrons. The fourth-order valence-electron chi connectivity index (χ4n) is 3.70. The van der Waals surface area contributed by atoms with E-state index in [1.54, 1.807) is 17.5 Å². The van der Waals surface area contributed by atoms with E-state index in [2.05, 4.69) is 40.7 Å². The summed E-state index contributed by atoms with van der Waals surface area (Å²) in [5, 5.41) is 2.12. The Morgan fingerprint density at radius 3 is 2.85 bits per heavy atom. The van der Waals surface area contributed by atoms with Crippen LogP contribution in [0, 0.1) is 0 Å². The molecule has 0 bridgehead atoms. The van der Waals surface area contributed by atoms with Gasteiger partial charge in [0.25, 0.3) is 0 Å². The van der Waals surface area contributed by atoms with Crippen LogP contribution in [0.15, 0.2) is 54.4 Å². The third kappa shape index (κ3) is 3.58. The van der Waals surface area contributed by atoms with Crippen molar-refractivity contribution in [3.8, 4) is 0 Å². The molecule has 0 spiro atoms. The lowest BCUT2D eigenvalue weighted by Crippen LogP contribution is -2.32. The van der Waals surface area contributed by atoms with Gasteiger partial charge in [0.05, 0.1) is 12.2 Å². The highest BCUT2D eigenvalue weighted by Gasteiger charge is 2.29. The first-order valence-electron chi connectivity index (χ1n) is 9.05. The number of aryl methyl sites for hydroxylation is 1. The van der Waals surface area contributed by atoms with Crippen molar-refractivity contribution in [1.29, 1.82) is 0 Å². The highest BCUT2D eigenvalue weighted by atomic mass is 32.1. The molecule has 1 aromatic carbocycles. The van der Waals surface area contributed by atoms with E-state index in [-0.39, 0.29) is 11.8 Å². The maximum Gasteiger partial charge on any atom is 0.230 e. The zero-order valence-corrected chi connectivity index (χ0v) is 15.8. The molecule has 0 saturated carbocycles. The van der Waals surface area contributed by atoms with E-state index in [0.717, 1.165) is 31.4 Å². The van der Waals surface area contributed by atoms with Gasteiger partial charge in [-0.05, 0) is 47.4 Å². The molecule has 2 heterocycles. The quantitative estimate of drug-likeness (QED) is 0.683. The van der Waals surface area contributed by atoms with Crippen molar-refractivity contribution in [3.05, 3.63) is 76.0 Å². The van der Waals surface area contributed by atoms with Crippen molar-refractivity contribution in [3.63, 3.8) is 0 Å². The van der Waals surface area contributed by atoms with Crippen molar-refractivity contribution < 1.29 is 4.79 Å². The van der Waals surface area contributed by atoms with Gasteiger partial charge in [-0.1, -0.05) is 24.3 Å². The number of imidazole rings is 1. The van der Waals surface area contributed by atoms with Gasteiger partial charge >= 0.3 is 0 Å². The van der Waals surface area contributed by atoms with E-state index >= 15 is 0 Å². The zero-order valence-electron chi connectivity index (χ0n) is 15.0. The molecule has 2 aromatic heterocycles. The molecule has 1 atom stereocenters. The fourth-order valence-corrected chi connectivity index (χ4v) is 4.69. The van der Waals surface area contributed by atoms with Crippen LogP contribution in [-0.4, -0.2) is 27.4 Å². The second-order valence-corrected chi connectivity index (χ2v) is 7.99. The number of hydrogen-bond acceptors (Lipinski definition) is 3. The number of fused-ring (bicyclic) bond motifs is 1. The second kappa shape index (κ2) is 7.46. The molecule has 5 heteroatoms. The van der Waals surface area contributed by atoms with Gasteiger partial charge in [-0.2, -0.15) is 0 Å². The van der Waals surface area contributed by atoms with Gasteiger partial charge in [-0.15, -0.1) is 11.3 Å². The summed E-state index contributed by atoms with van der Waals surface area (Å²) in [6.45, 7) is 1.47. The highest BCUT2D eigenvalue weighted by Crippen LogP contribution is 2.36. The molecule has 0 radical (unpaired) electrons. The number of amides is 1. The predicted molar refractivity (Wildman–Crippen MR) is 104 cm³/mol. The number of nitrogens with zero attached hydrogens (tertiary/aromatic N) is 3. The molecular weight excluding hydrogens is 342 g/mol. The van der Waals surface area contributed by atoms with E-state index in [9.17, 15) is 4.79 Å². The molecule has 1 aliphatic rings. The van der Waals surface area contributed by atoms with Gasteiger partial charge in [0, 0.05) is 37.4 Å². The van der Waals surface area contributed by atoms with Gasteiger partial charge in [0.15, 0.2) is 0 Å². The molecule has 4 rings (SSSR count). The lowest BCUT2D eigenvalue weighted by molar-refractivity contribution is -0.132. The standard InChI is InChI=1S/C21H23N3OS/c1-23(21(25)19-3-2-4-20-18(19)9-12-26-20)13-16-5-7-17(8-6-16)14-24-11-10-22-15-24/h5-12,15,19H,2-4,13-14H2,1H3. The van der Waals surface area contributed by atoms with Gasteiger partial charge in [0.1, 0.15) is 0 Å². The fraction of sp³-hybridized carbons (Fsp3) is 0.333. The number of hydrogen-bond donors (Lipinski definition) is 0. The van der Waals surface area contributed by atoms with Crippen LogP contribution in [0.5, 0.6) is 0 Å². The molecule has 0 fully saturated rings. The maximum atomic E-state index is 13.0. The van der Waals surface area contributed by atoms with Crippen molar-refractivity contribution in [2.45, 2.75) is 38.3 Å². The van der Waals surface area contributed by atoms with Crippen LogP contribution in [-0.2, 0) is 24.3 Å². The topological polar surface area (TPSA) is 38.1 Å². The first-order chi connectivity index (χ1) is 12.7. The number of aromatic nitrogens is 2. The minimum Gasteiger partial charge on any atom is -0.341 e. The Kier molecular flexibility index (Phi) is 4.89. The number of carbonyl (C=O) groups excluding carboxylic acids is 1. The van der Waals surface area contributed by atoms with Crippen LogP contribution in [0.2, 0.25) is 0 Å². The van der Waals surface area contributed by atoms with E-state index in [1.165, 1.54) is 16.0 Å². The molecule has 3 aromatic rings. The summed E-state index contributed by atoms with van der Waals surface area (Å²) < 4.78 is 2.05. The SMILES string of the molecule is CN(Cc1ccc(Cn2ccnc2)cc1)C(=O)C1CCCc2sccc21. The number of rotatable bonds is 5. The number of benzene rings is 1. The third-order valence-electron chi connectivity index (χ3n) is 5.09. The smallest absolute Gasteiger partial charge is 0.230 e. The number of carbonyl (C=O) groups is 1. The maximum absolute atomic E-state index is 13.0. The van der Waals surface area contributed by atoms with Crippen LogP contribution in [0.1, 0.15) is 40.3 Å². The van der Waals surface area contributed by atoms with E-state index in [4.69, 9.17) is 0 Å². The summed E-state index contributed by atoms with van der Waals surface area (Å²) >= 11 is 1.79. The molecule has 4 nitrogen and oxygen atoms in total. The Morgan fingerprint density at radius 1 is 1.27 bits per heavy atom. The van der Waals surface area contributed by atoms with Crippen molar-refractivity contribution in [2.24, 2.45) is 0 Å². The molecule has 1 aliphatic carbocycles. The Labute approximate surface area is 158 Å². The van der Waals surface area contributed by atoms with Gasteiger partial charge < -0.3 is 9.47 Å². The summed E-state index contributed by atoms with van der Waals surface area (Å²) in [5.74, 6) is 0.280. The summed E-state index contributed by atoms with van der Waals surface area (Å²) in [4.78, 5) is 20.3.